The summed E-state index contributed by atoms with van der Waals surface area (Å²) in [4.78, 5) is 12.9. The normalized spacial score (nSPS) is 12.9. The summed E-state index contributed by atoms with van der Waals surface area (Å²) in [5.74, 6) is -0.104. The van der Waals surface area contributed by atoms with Crippen molar-refractivity contribution in [2.24, 2.45) is 0 Å². The quantitative estimate of drug-likeness (QED) is 0.331. The molecule has 1 N–H and O–H groups in total. The number of carbonyl (C=O) groups excluding carboxylic acids is 1. The van der Waals surface area contributed by atoms with E-state index in [1.165, 1.54) is 22.5 Å². The number of rotatable bonds is 8. The van der Waals surface area contributed by atoms with Crippen molar-refractivity contribution in [2.45, 2.75) is 17.4 Å². The fraction of sp³-hybridized carbons (Fsp3) is 0.138. The van der Waals surface area contributed by atoms with Crippen molar-refractivity contribution in [3.8, 4) is 5.75 Å². The Morgan fingerprint density at radius 2 is 1.51 bits per heavy atom. The molecule has 0 fully saturated rings. The molecule has 5 rings (SSSR count). The summed E-state index contributed by atoms with van der Waals surface area (Å²) in [5.41, 5.74) is 3.56. The zero-order valence-corrected chi connectivity index (χ0v) is 21.5. The third kappa shape index (κ3) is 5.33. The lowest BCUT2D eigenvalue weighted by atomic mass is 9.99. The average Bonchev–Trinajstić information content (AvgIpc) is 3.37. The molecule has 0 spiro atoms. The Morgan fingerprint density at radius 1 is 0.892 bits per heavy atom. The second-order valence-electron chi connectivity index (χ2n) is 8.66. The molecule has 0 saturated carbocycles. The van der Waals surface area contributed by atoms with Gasteiger partial charge in [-0.25, -0.2) is 8.42 Å². The van der Waals surface area contributed by atoms with Gasteiger partial charge in [0.25, 0.3) is 15.9 Å². The van der Waals surface area contributed by atoms with E-state index < -0.39 is 10.0 Å². The molecule has 188 valence electrons. The molecule has 8 heteroatoms. The van der Waals surface area contributed by atoms with Crippen LogP contribution in [0.3, 0.4) is 0 Å². The van der Waals surface area contributed by atoms with Crippen LogP contribution >= 0.6 is 11.6 Å². The minimum absolute atomic E-state index is 0.0687. The summed E-state index contributed by atoms with van der Waals surface area (Å²) in [6.07, 6.45) is 0.659. The van der Waals surface area contributed by atoms with Crippen molar-refractivity contribution in [3.63, 3.8) is 0 Å². The first-order chi connectivity index (χ1) is 17.9. The Kier molecular flexibility index (Phi) is 7.17. The molecular formula is C29H25ClN2O4S. The summed E-state index contributed by atoms with van der Waals surface area (Å²) in [7, 11) is -3.79. The Balaban J connectivity index is 1.28. The van der Waals surface area contributed by atoms with Crippen LogP contribution in [0.15, 0.2) is 108 Å². The number of benzene rings is 4. The number of nitrogens with one attached hydrogen (secondary N) is 1. The van der Waals surface area contributed by atoms with Gasteiger partial charge < -0.3 is 10.1 Å². The molecule has 0 unspecified atom stereocenters. The molecule has 6 nitrogen and oxygen atoms in total. The zero-order valence-electron chi connectivity index (χ0n) is 19.9. The zero-order chi connectivity index (χ0) is 25.8. The average molecular weight is 533 g/mol. The summed E-state index contributed by atoms with van der Waals surface area (Å²) in [6, 6.07) is 30.7. The van der Waals surface area contributed by atoms with Gasteiger partial charge in [-0.2, -0.15) is 0 Å². The minimum Gasteiger partial charge on any atom is -0.482 e. The first kappa shape index (κ1) is 24.9. The van der Waals surface area contributed by atoms with E-state index in [2.05, 4.69) is 5.32 Å². The SMILES string of the molecule is O=C(COc1ccc(S(=O)(=O)N2CCc3ccccc32)cc1Cl)NC(c1ccccc1)c1ccccc1. The number of anilines is 1. The minimum atomic E-state index is -3.79. The van der Waals surface area contributed by atoms with Crippen LogP contribution in [0.2, 0.25) is 5.02 Å². The largest absolute Gasteiger partial charge is 0.482 e. The van der Waals surface area contributed by atoms with E-state index in [4.69, 9.17) is 16.3 Å². The predicted molar refractivity (Wildman–Crippen MR) is 144 cm³/mol. The first-order valence-electron chi connectivity index (χ1n) is 11.9. The van der Waals surface area contributed by atoms with Gasteiger partial charge in [-0.15, -0.1) is 0 Å². The van der Waals surface area contributed by atoms with Crippen molar-refractivity contribution >= 4 is 33.2 Å². The van der Waals surface area contributed by atoms with Crippen LogP contribution < -0.4 is 14.4 Å². The Hall–Kier alpha value is -3.81. The van der Waals surface area contributed by atoms with Gasteiger partial charge in [0.15, 0.2) is 6.61 Å². The number of nitrogens with zero attached hydrogens (tertiary/aromatic N) is 1. The van der Waals surface area contributed by atoms with Gasteiger partial charge >= 0.3 is 0 Å². The van der Waals surface area contributed by atoms with Crippen LogP contribution in [0.1, 0.15) is 22.7 Å². The van der Waals surface area contributed by atoms with Crippen molar-refractivity contribution in [1.82, 2.24) is 5.32 Å². The monoisotopic (exact) mass is 532 g/mol. The molecule has 0 atom stereocenters. The van der Waals surface area contributed by atoms with E-state index in [9.17, 15) is 13.2 Å². The van der Waals surface area contributed by atoms with E-state index in [0.717, 1.165) is 16.7 Å². The van der Waals surface area contributed by atoms with Crippen molar-refractivity contribution in [1.29, 1.82) is 0 Å². The standard InChI is InChI=1S/C29H25ClN2O4S/c30-25-19-24(37(34,35)32-18-17-21-9-7-8-14-26(21)32)15-16-27(25)36-20-28(33)31-29(22-10-3-1-4-11-22)23-12-5-2-6-13-23/h1-16,19,29H,17-18,20H2,(H,31,33). The molecule has 0 radical (unpaired) electrons. The number of para-hydroxylation sites is 1. The van der Waals surface area contributed by atoms with Gasteiger partial charge in [-0.1, -0.05) is 90.5 Å². The highest BCUT2D eigenvalue weighted by atomic mass is 35.5. The van der Waals surface area contributed by atoms with Crippen molar-refractivity contribution < 1.29 is 17.9 Å². The van der Waals surface area contributed by atoms with E-state index in [-0.39, 0.29) is 34.2 Å². The Morgan fingerprint density at radius 3 is 2.16 bits per heavy atom. The van der Waals surface area contributed by atoms with Crippen LogP contribution in [0.4, 0.5) is 5.69 Å². The highest BCUT2D eigenvalue weighted by Gasteiger charge is 2.31. The van der Waals surface area contributed by atoms with Crippen LogP contribution in [0.25, 0.3) is 0 Å². The molecule has 0 aromatic heterocycles. The number of carbonyl (C=O) groups is 1. The molecule has 1 aliphatic heterocycles. The maximum Gasteiger partial charge on any atom is 0.264 e. The summed E-state index contributed by atoms with van der Waals surface area (Å²) in [6.45, 7) is 0.100. The van der Waals surface area contributed by atoms with Gasteiger partial charge in [0.1, 0.15) is 5.75 Å². The van der Waals surface area contributed by atoms with E-state index in [0.29, 0.717) is 18.7 Å². The first-order valence-corrected chi connectivity index (χ1v) is 13.7. The van der Waals surface area contributed by atoms with E-state index >= 15 is 0 Å². The lowest BCUT2D eigenvalue weighted by Gasteiger charge is -2.21. The smallest absolute Gasteiger partial charge is 0.264 e. The molecular weight excluding hydrogens is 508 g/mol. The third-order valence-electron chi connectivity index (χ3n) is 6.27. The lowest BCUT2D eigenvalue weighted by Crippen LogP contribution is -2.33. The molecule has 1 heterocycles. The molecule has 4 aromatic carbocycles. The molecule has 37 heavy (non-hydrogen) atoms. The molecule has 4 aromatic rings. The Labute approximate surface area is 221 Å². The van der Waals surface area contributed by atoms with Crippen molar-refractivity contribution in [3.05, 3.63) is 125 Å². The summed E-state index contributed by atoms with van der Waals surface area (Å²) < 4.78 is 33.6. The maximum absolute atomic E-state index is 13.3. The van der Waals surface area contributed by atoms with Crippen LogP contribution in [-0.4, -0.2) is 27.5 Å². The number of amides is 1. The summed E-state index contributed by atoms with van der Waals surface area (Å²) in [5, 5.41) is 3.13. The maximum atomic E-state index is 13.3. The number of fused-ring (bicyclic) bond motifs is 1. The Bertz CT molecular complexity index is 1470. The molecule has 0 bridgehead atoms. The molecule has 0 aliphatic carbocycles. The molecule has 1 amide bonds. The van der Waals surface area contributed by atoms with Crippen LogP contribution in [0, 0.1) is 0 Å². The fourth-order valence-corrected chi connectivity index (χ4v) is 6.27. The van der Waals surface area contributed by atoms with Crippen molar-refractivity contribution in [2.75, 3.05) is 17.5 Å². The van der Waals surface area contributed by atoms with Gasteiger partial charge in [0.05, 0.1) is 21.6 Å². The second kappa shape index (κ2) is 10.7. The topological polar surface area (TPSA) is 75.7 Å². The number of hydrogen-bond acceptors (Lipinski definition) is 4. The highest BCUT2D eigenvalue weighted by Crippen LogP contribution is 2.35. The van der Waals surface area contributed by atoms with E-state index in [1.54, 1.807) is 6.07 Å². The van der Waals surface area contributed by atoms with E-state index in [1.807, 2.05) is 78.9 Å². The number of ether oxygens (including phenoxy) is 1. The number of sulfonamides is 1. The fourth-order valence-electron chi connectivity index (χ4n) is 4.44. The lowest BCUT2D eigenvalue weighted by molar-refractivity contribution is -0.123. The number of hydrogen-bond donors (Lipinski definition) is 1. The second-order valence-corrected chi connectivity index (χ2v) is 10.9. The van der Waals surface area contributed by atoms with Gasteiger partial charge in [0, 0.05) is 6.54 Å². The predicted octanol–water partition coefficient (Wildman–Crippen LogP) is 5.38. The number of halogens is 1. The van der Waals surface area contributed by atoms with Gasteiger partial charge in [-0.05, 0) is 47.4 Å². The van der Waals surface area contributed by atoms with Crippen LogP contribution in [0.5, 0.6) is 5.75 Å². The van der Waals surface area contributed by atoms with Gasteiger partial charge in [0.2, 0.25) is 0 Å². The van der Waals surface area contributed by atoms with Crippen LogP contribution in [-0.2, 0) is 21.2 Å². The molecule has 1 aliphatic rings. The molecule has 0 saturated heterocycles. The summed E-state index contributed by atoms with van der Waals surface area (Å²) >= 11 is 6.38. The third-order valence-corrected chi connectivity index (χ3v) is 8.37. The van der Waals surface area contributed by atoms with Gasteiger partial charge in [-0.3, -0.25) is 9.10 Å². The highest BCUT2D eigenvalue weighted by molar-refractivity contribution is 7.92.